The first kappa shape index (κ1) is 17.0. The van der Waals surface area contributed by atoms with Crippen molar-refractivity contribution in [1.29, 1.82) is 0 Å². The lowest BCUT2D eigenvalue weighted by atomic mass is 9.84. The Labute approximate surface area is 136 Å². The maximum Gasteiger partial charge on any atom is 0.0888 e. The van der Waals surface area contributed by atoms with Crippen molar-refractivity contribution in [1.82, 2.24) is 15.1 Å². The smallest absolute Gasteiger partial charge is 0.0888 e. The summed E-state index contributed by atoms with van der Waals surface area (Å²) in [5.41, 5.74) is 1.10. The van der Waals surface area contributed by atoms with Crippen LogP contribution in [0.3, 0.4) is 0 Å². The highest BCUT2D eigenvalue weighted by Crippen LogP contribution is 2.42. The average Bonchev–Trinajstić information content (AvgIpc) is 2.72. The van der Waals surface area contributed by atoms with E-state index in [1.807, 2.05) is 13.3 Å². The first-order chi connectivity index (χ1) is 10.2. The van der Waals surface area contributed by atoms with Crippen LogP contribution in [0.2, 0.25) is 0 Å². The van der Waals surface area contributed by atoms with E-state index in [1.54, 1.807) is 0 Å². The fraction of sp³-hybridized carbons (Fsp3) is 0.812. The normalized spacial score (nSPS) is 20.2. The monoisotopic (exact) mass is 357 g/mol. The Morgan fingerprint density at radius 1 is 1.33 bits per heavy atom. The molecule has 5 heteroatoms. The zero-order valence-corrected chi connectivity index (χ0v) is 15.1. The minimum absolute atomic E-state index is 0.123. The van der Waals surface area contributed by atoms with Crippen LogP contribution in [0.5, 0.6) is 0 Å². The van der Waals surface area contributed by atoms with Crippen molar-refractivity contribution in [2.75, 3.05) is 13.7 Å². The lowest BCUT2D eigenvalue weighted by molar-refractivity contribution is -0.0559. The van der Waals surface area contributed by atoms with E-state index in [0.717, 1.165) is 30.4 Å². The number of nitrogens with zero attached hydrogens (tertiary/aromatic N) is 2. The van der Waals surface area contributed by atoms with Crippen LogP contribution in [0.4, 0.5) is 0 Å². The summed E-state index contributed by atoms with van der Waals surface area (Å²) in [5.74, 6) is 0. The quantitative estimate of drug-likeness (QED) is 0.780. The fourth-order valence-electron chi connectivity index (χ4n) is 3.58. The Hall–Kier alpha value is -0.390. The molecule has 120 valence electrons. The number of aromatic nitrogens is 2. The molecule has 0 spiro atoms. The highest BCUT2D eigenvalue weighted by atomic mass is 79.9. The molecule has 1 heterocycles. The third-order valence-electron chi connectivity index (χ3n) is 4.70. The van der Waals surface area contributed by atoms with Crippen LogP contribution in [0.1, 0.15) is 64.1 Å². The molecule has 0 aliphatic heterocycles. The van der Waals surface area contributed by atoms with E-state index in [-0.39, 0.29) is 11.6 Å². The molecule has 4 nitrogen and oxygen atoms in total. The van der Waals surface area contributed by atoms with Crippen LogP contribution >= 0.6 is 15.9 Å². The van der Waals surface area contributed by atoms with Crippen molar-refractivity contribution in [3.63, 3.8) is 0 Å². The van der Waals surface area contributed by atoms with Gasteiger partial charge in [0.25, 0.3) is 0 Å². The highest BCUT2D eigenvalue weighted by Gasteiger charge is 2.42. The molecule has 0 saturated heterocycles. The highest BCUT2D eigenvalue weighted by molar-refractivity contribution is 9.10. The number of nitrogens with one attached hydrogen (secondary N) is 1. The molecule has 1 aromatic rings. The van der Waals surface area contributed by atoms with Gasteiger partial charge in [-0.05, 0) is 42.2 Å². The van der Waals surface area contributed by atoms with Crippen LogP contribution < -0.4 is 5.32 Å². The Balaban J connectivity index is 2.42. The summed E-state index contributed by atoms with van der Waals surface area (Å²) in [7, 11) is 1.87. The van der Waals surface area contributed by atoms with Crippen molar-refractivity contribution in [2.24, 2.45) is 0 Å². The van der Waals surface area contributed by atoms with Crippen molar-refractivity contribution in [3.05, 3.63) is 16.4 Å². The van der Waals surface area contributed by atoms with Crippen LogP contribution in [-0.4, -0.2) is 29.0 Å². The van der Waals surface area contributed by atoms with E-state index >= 15 is 0 Å². The van der Waals surface area contributed by atoms with Gasteiger partial charge in [0, 0.05) is 13.7 Å². The van der Waals surface area contributed by atoms with Gasteiger partial charge in [-0.15, -0.1) is 0 Å². The van der Waals surface area contributed by atoms with E-state index < -0.39 is 0 Å². The molecule has 0 amide bonds. The first-order valence-electron chi connectivity index (χ1n) is 8.18. The maximum absolute atomic E-state index is 6.13. The second-order valence-corrected chi connectivity index (χ2v) is 6.72. The summed E-state index contributed by atoms with van der Waals surface area (Å²) >= 11 is 3.69. The predicted octanol–water partition coefficient (Wildman–Crippen LogP) is 4.06. The van der Waals surface area contributed by atoms with Gasteiger partial charge in [0.1, 0.15) is 0 Å². The average molecular weight is 358 g/mol. The van der Waals surface area contributed by atoms with Crippen molar-refractivity contribution in [2.45, 2.75) is 70.6 Å². The molecule has 1 aromatic heterocycles. The second-order valence-electron chi connectivity index (χ2n) is 5.87. The molecule has 1 aliphatic carbocycles. The van der Waals surface area contributed by atoms with Gasteiger partial charge in [-0.1, -0.05) is 32.6 Å². The Kier molecular flexibility index (Phi) is 6.26. The van der Waals surface area contributed by atoms with E-state index in [4.69, 9.17) is 4.74 Å². The van der Waals surface area contributed by atoms with Crippen molar-refractivity contribution in [3.8, 4) is 0 Å². The van der Waals surface area contributed by atoms with Gasteiger partial charge in [0.05, 0.1) is 28.0 Å². The molecular weight excluding hydrogens is 330 g/mol. The van der Waals surface area contributed by atoms with Crippen LogP contribution in [0, 0.1) is 0 Å². The third kappa shape index (κ3) is 3.51. The van der Waals surface area contributed by atoms with Crippen molar-refractivity contribution >= 4 is 15.9 Å². The summed E-state index contributed by atoms with van der Waals surface area (Å²) in [5, 5.41) is 8.17. The number of rotatable bonds is 6. The standard InChI is InChI=1S/C16H28BrN3O/c1-4-18-15(14-13(17)12-19-20(14)5-2)16(21-3)10-8-6-7-9-11-16/h12,15,18H,4-11H2,1-3H3. The van der Waals surface area contributed by atoms with E-state index in [9.17, 15) is 0 Å². The minimum Gasteiger partial charge on any atom is -0.376 e. The summed E-state index contributed by atoms with van der Waals surface area (Å²) in [6, 6.07) is 0.183. The maximum atomic E-state index is 6.13. The van der Waals surface area contributed by atoms with Gasteiger partial charge >= 0.3 is 0 Å². The van der Waals surface area contributed by atoms with Gasteiger partial charge in [-0.3, -0.25) is 4.68 Å². The molecule has 1 N–H and O–H groups in total. The lowest BCUT2D eigenvalue weighted by Gasteiger charge is -2.40. The van der Waals surface area contributed by atoms with Gasteiger partial charge in [0.2, 0.25) is 0 Å². The number of ether oxygens (including phenoxy) is 1. The number of aryl methyl sites for hydroxylation is 1. The van der Waals surface area contributed by atoms with Crippen molar-refractivity contribution < 1.29 is 4.74 Å². The largest absolute Gasteiger partial charge is 0.376 e. The number of methoxy groups -OCH3 is 1. The van der Waals surface area contributed by atoms with E-state index in [0.29, 0.717) is 0 Å². The molecule has 1 fully saturated rings. The fourth-order valence-corrected chi connectivity index (χ4v) is 4.11. The van der Waals surface area contributed by atoms with E-state index in [1.165, 1.54) is 31.4 Å². The zero-order chi connectivity index (χ0) is 15.3. The summed E-state index contributed by atoms with van der Waals surface area (Å²) in [6.07, 6.45) is 9.26. The van der Waals surface area contributed by atoms with E-state index in [2.05, 4.69) is 44.9 Å². The zero-order valence-electron chi connectivity index (χ0n) is 13.5. The Morgan fingerprint density at radius 3 is 2.52 bits per heavy atom. The molecule has 0 bridgehead atoms. The molecular formula is C16H28BrN3O. The Morgan fingerprint density at radius 2 is 2.00 bits per heavy atom. The first-order valence-corrected chi connectivity index (χ1v) is 8.97. The molecule has 1 aliphatic rings. The molecule has 1 atom stereocenters. The van der Waals surface area contributed by atoms with Gasteiger partial charge in [0.15, 0.2) is 0 Å². The van der Waals surface area contributed by atoms with Crippen LogP contribution in [0.25, 0.3) is 0 Å². The number of hydrogen-bond donors (Lipinski definition) is 1. The summed E-state index contributed by atoms with van der Waals surface area (Å²) in [4.78, 5) is 0. The Bertz CT molecular complexity index is 439. The molecule has 1 unspecified atom stereocenters. The lowest BCUT2D eigenvalue weighted by Crippen LogP contribution is -2.46. The number of hydrogen-bond acceptors (Lipinski definition) is 3. The summed E-state index contributed by atoms with van der Waals surface area (Å²) in [6.45, 7) is 6.10. The van der Waals surface area contributed by atoms with Gasteiger partial charge < -0.3 is 10.1 Å². The van der Waals surface area contributed by atoms with Gasteiger partial charge in [-0.2, -0.15) is 5.10 Å². The van der Waals surface area contributed by atoms with Gasteiger partial charge in [-0.25, -0.2) is 0 Å². The molecule has 21 heavy (non-hydrogen) atoms. The number of halogens is 1. The topological polar surface area (TPSA) is 39.1 Å². The SMILES string of the molecule is CCNC(c1c(Br)cnn1CC)C1(OC)CCCCCC1. The molecule has 2 rings (SSSR count). The van der Waals surface area contributed by atoms with Crippen LogP contribution in [-0.2, 0) is 11.3 Å². The minimum atomic E-state index is -0.123. The molecule has 0 aromatic carbocycles. The third-order valence-corrected chi connectivity index (χ3v) is 5.31. The predicted molar refractivity (Wildman–Crippen MR) is 89.5 cm³/mol. The second kappa shape index (κ2) is 7.75. The molecule has 0 radical (unpaired) electrons. The number of likely N-dealkylation sites (N-methyl/N-ethyl adjacent to an activating group) is 1. The summed E-state index contributed by atoms with van der Waals surface area (Å²) < 4.78 is 9.29. The molecule has 1 saturated carbocycles. The van der Waals surface area contributed by atoms with Crippen LogP contribution in [0.15, 0.2) is 10.7 Å².